The topological polar surface area (TPSA) is 52.9 Å². The van der Waals surface area contributed by atoms with Gasteiger partial charge in [0.2, 0.25) is 0 Å². The Morgan fingerprint density at radius 2 is 2.15 bits per heavy atom. The third kappa shape index (κ3) is 3.28. The molecule has 2 aromatic rings. The van der Waals surface area contributed by atoms with Crippen molar-refractivity contribution in [3.63, 3.8) is 0 Å². The Bertz CT molecular complexity index is 702. The van der Waals surface area contributed by atoms with Gasteiger partial charge in [0.1, 0.15) is 23.3 Å². The van der Waals surface area contributed by atoms with Crippen LogP contribution in [0.1, 0.15) is 4.88 Å². The highest BCUT2D eigenvalue weighted by atomic mass is 32.1. The number of halogens is 2. The van der Waals surface area contributed by atoms with Crippen molar-refractivity contribution >= 4 is 29.0 Å². The third-order valence-corrected chi connectivity index (χ3v) is 3.19. The van der Waals surface area contributed by atoms with Crippen molar-refractivity contribution in [2.24, 2.45) is 0 Å². The summed E-state index contributed by atoms with van der Waals surface area (Å²) in [7, 11) is 0. The molecule has 0 saturated heterocycles. The SMILES string of the molecule is N#C/C(=C\c1cccs1)C(=O)Nc1ccc(F)cc1F. The summed E-state index contributed by atoms with van der Waals surface area (Å²) in [5.41, 5.74) is -0.333. The molecule has 2 rings (SSSR count). The lowest BCUT2D eigenvalue weighted by molar-refractivity contribution is -0.112. The first-order chi connectivity index (χ1) is 9.60. The molecule has 0 aliphatic carbocycles. The van der Waals surface area contributed by atoms with Crippen molar-refractivity contribution in [1.82, 2.24) is 0 Å². The van der Waals surface area contributed by atoms with Crippen molar-refractivity contribution in [2.45, 2.75) is 0 Å². The molecule has 6 heteroatoms. The number of nitrogens with one attached hydrogen (secondary N) is 1. The molecule has 0 bridgehead atoms. The molecule has 100 valence electrons. The summed E-state index contributed by atoms with van der Waals surface area (Å²) in [6.45, 7) is 0. The second-order valence-corrected chi connectivity index (χ2v) is 4.74. The molecule has 0 radical (unpaired) electrons. The lowest BCUT2D eigenvalue weighted by atomic mass is 10.2. The van der Waals surface area contributed by atoms with Crippen LogP contribution in [0.2, 0.25) is 0 Å². The Kier molecular flexibility index (Phi) is 4.23. The summed E-state index contributed by atoms with van der Waals surface area (Å²) in [6.07, 6.45) is 1.40. The van der Waals surface area contributed by atoms with Gasteiger partial charge >= 0.3 is 0 Å². The van der Waals surface area contributed by atoms with Gasteiger partial charge in [0.15, 0.2) is 0 Å². The fourth-order valence-electron chi connectivity index (χ4n) is 1.44. The molecule has 20 heavy (non-hydrogen) atoms. The maximum absolute atomic E-state index is 13.4. The minimum Gasteiger partial charge on any atom is -0.319 e. The molecule has 0 aliphatic rings. The first-order valence-electron chi connectivity index (χ1n) is 5.52. The monoisotopic (exact) mass is 290 g/mol. The second kappa shape index (κ2) is 6.08. The number of hydrogen-bond donors (Lipinski definition) is 1. The second-order valence-electron chi connectivity index (χ2n) is 3.76. The number of rotatable bonds is 3. The van der Waals surface area contributed by atoms with Gasteiger partial charge < -0.3 is 5.32 Å². The summed E-state index contributed by atoms with van der Waals surface area (Å²) in [5, 5.41) is 13.0. The van der Waals surface area contributed by atoms with Crippen molar-refractivity contribution in [3.8, 4) is 6.07 Å². The maximum atomic E-state index is 13.4. The normalized spacial score (nSPS) is 10.9. The van der Waals surface area contributed by atoms with Crippen LogP contribution in [-0.2, 0) is 4.79 Å². The van der Waals surface area contributed by atoms with Crippen LogP contribution in [0.3, 0.4) is 0 Å². The van der Waals surface area contributed by atoms with Gasteiger partial charge in [0.25, 0.3) is 5.91 Å². The van der Waals surface area contributed by atoms with Crippen LogP contribution in [0.15, 0.2) is 41.3 Å². The standard InChI is InChI=1S/C14H8F2N2OS/c15-10-3-4-13(12(16)7-10)18-14(19)9(8-17)6-11-2-1-5-20-11/h1-7H,(H,18,19)/b9-6+. The molecule has 1 N–H and O–H groups in total. The maximum Gasteiger partial charge on any atom is 0.266 e. The highest BCUT2D eigenvalue weighted by Gasteiger charge is 2.12. The minimum absolute atomic E-state index is 0.156. The molecule has 3 nitrogen and oxygen atoms in total. The van der Waals surface area contributed by atoms with Crippen LogP contribution in [-0.4, -0.2) is 5.91 Å². The number of amides is 1. The van der Waals surface area contributed by atoms with E-state index in [2.05, 4.69) is 5.32 Å². The zero-order valence-corrected chi connectivity index (χ0v) is 10.9. The van der Waals surface area contributed by atoms with E-state index >= 15 is 0 Å². The average Bonchev–Trinajstić information content (AvgIpc) is 2.92. The van der Waals surface area contributed by atoms with E-state index in [1.165, 1.54) is 17.4 Å². The molecule has 0 spiro atoms. The van der Waals surface area contributed by atoms with E-state index in [4.69, 9.17) is 5.26 Å². The number of nitriles is 1. The molecule has 1 heterocycles. The Hall–Kier alpha value is -2.52. The van der Waals surface area contributed by atoms with Crippen molar-refractivity contribution in [1.29, 1.82) is 5.26 Å². The summed E-state index contributed by atoms with van der Waals surface area (Å²) in [6, 6.07) is 8.05. The van der Waals surface area contributed by atoms with Crippen LogP contribution in [0.25, 0.3) is 6.08 Å². The number of nitrogens with zero attached hydrogens (tertiary/aromatic N) is 1. The van der Waals surface area contributed by atoms with Crippen LogP contribution in [0.5, 0.6) is 0 Å². The van der Waals surface area contributed by atoms with Gasteiger partial charge in [-0.05, 0) is 29.7 Å². The van der Waals surface area contributed by atoms with E-state index in [9.17, 15) is 13.6 Å². The first kappa shape index (κ1) is 13.9. The largest absolute Gasteiger partial charge is 0.319 e. The number of carbonyl (C=O) groups is 1. The van der Waals surface area contributed by atoms with E-state index in [0.29, 0.717) is 6.07 Å². The van der Waals surface area contributed by atoms with E-state index in [0.717, 1.165) is 17.0 Å². The fourth-order valence-corrected chi connectivity index (χ4v) is 2.10. The summed E-state index contributed by atoms with van der Waals surface area (Å²) < 4.78 is 26.1. The van der Waals surface area contributed by atoms with E-state index in [-0.39, 0.29) is 11.3 Å². The van der Waals surface area contributed by atoms with Crippen LogP contribution in [0.4, 0.5) is 14.5 Å². The molecular formula is C14H8F2N2OS. The molecule has 0 fully saturated rings. The van der Waals surface area contributed by atoms with E-state index < -0.39 is 17.5 Å². The van der Waals surface area contributed by atoms with Gasteiger partial charge in [0.05, 0.1) is 5.69 Å². The van der Waals surface area contributed by atoms with E-state index in [1.54, 1.807) is 23.6 Å². The highest BCUT2D eigenvalue weighted by molar-refractivity contribution is 7.10. The summed E-state index contributed by atoms with van der Waals surface area (Å²) in [4.78, 5) is 12.6. The lowest BCUT2D eigenvalue weighted by Crippen LogP contribution is -2.14. The number of carbonyl (C=O) groups excluding carboxylic acids is 1. The zero-order chi connectivity index (χ0) is 14.5. The number of hydrogen-bond acceptors (Lipinski definition) is 3. The molecule has 1 aromatic heterocycles. The summed E-state index contributed by atoms with van der Waals surface area (Å²) >= 11 is 1.36. The molecule has 0 aliphatic heterocycles. The van der Waals surface area contributed by atoms with Gasteiger partial charge in [-0.2, -0.15) is 5.26 Å². The molecule has 1 amide bonds. The van der Waals surface area contributed by atoms with Gasteiger partial charge in [0, 0.05) is 10.9 Å². The van der Waals surface area contributed by atoms with E-state index in [1.807, 2.05) is 0 Å². The van der Waals surface area contributed by atoms with Crippen molar-refractivity contribution < 1.29 is 13.6 Å². The minimum atomic E-state index is -0.897. The fraction of sp³-hybridized carbons (Fsp3) is 0. The predicted octanol–water partition coefficient (Wildman–Crippen LogP) is 3.57. The molecule has 1 aromatic carbocycles. The molecular weight excluding hydrogens is 282 g/mol. The quantitative estimate of drug-likeness (QED) is 0.694. The van der Waals surface area contributed by atoms with Gasteiger partial charge in [-0.25, -0.2) is 8.78 Å². The zero-order valence-electron chi connectivity index (χ0n) is 10.1. The first-order valence-corrected chi connectivity index (χ1v) is 6.40. The number of thiophene rings is 1. The summed E-state index contributed by atoms with van der Waals surface area (Å²) in [5.74, 6) is -2.38. The van der Waals surface area contributed by atoms with Crippen LogP contribution >= 0.6 is 11.3 Å². The van der Waals surface area contributed by atoms with Crippen molar-refractivity contribution in [2.75, 3.05) is 5.32 Å². The van der Waals surface area contributed by atoms with Gasteiger partial charge in [-0.15, -0.1) is 11.3 Å². The van der Waals surface area contributed by atoms with Gasteiger partial charge in [-0.3, -0.25) is 4.79 Å². The number of benzene rings is 1. The average molecular weight is 290 g/mol. The van der Waals surface area contributed by atoms with Crippen LogP contribution < -0.4 is 5.32 Å². The van der Waals surface area contributed by atoms with Gasteiger partial charge in [-0.1, -0.05) is 6.07 Å². The van der Waals surface area contributed by atoms with Crippen molar-refractivity contribution in [3.05, 3.63) is 57.8 Å². The Morgan fingerprint density at radius 3 is 2.75 bits per heavy atom. The molecule has 0 unspecified atom stereocenters. The smallest absolute Gasteiger partial charge is 0.266 e. The highest BCUT2D eigenvalue weighted by Crippen LogP contribution is 2.17. The Balaban J connectivity index is 2.20. The number of anilines is 1. The van der Waals surface area contributed by atoms with Crippen LogP contribution in [0, 0.1) is 23.0 Å². The predicted molar refractivity (Wildman–Crippen MR) is 72.9 cm³/mol. The Labute approximate surface area is 117 Å². The third-order valence-electron chi connectivity index (χ3n) is 2.37. The Morgan fingerprint density at radius 1 is 1.35 bits per heavy atom. The molecule has 0 atom stereocenters. The lowest BCUT2D eigenvalue weighted by Gasteiger charge is -2.05. The molecule has 0 saturated carbocycles.